The molecule has 1 fully saturated rings. The molecule has 1 aromatic rings. The van der Waals surface area contributed by atoms with Crippen molar-refractivity contribution in [3.63, 3.8) is 0 Å². The standard InChI is InChI=1S/C11H14N2O3/c14-13(15)10-4-1-5-11(7-10)16-8-9-3-2-6-12-9/h1,4-5,7,9,12H,2-3,6,8H2/t9-/m0/s1. The lowest BCUT2D eigenvalue weighted by Crippen LogP contribution is -2.28. The maximum Gasteiger partial charge on any atom is 0.273 e. The number of nitrogens with one attached hydrogen (secondary N) is 1. The van der Waals surface area contributed by atoms with Crippen molar-refractivity contribution in [1.29, 1.82) is 0 Å². The van der Waals surface area contributed by atoms with Crippen LogP contribution in [0.5, 0.6) is 5.75 Å². The second-order valence-electron chi connectivity index (χ2n) is 3.86. The fraction of sp³-hybridized carbons (Fsp3) is 0.455. The Morgan fingerprint density at radius 3 is 3.12 bits per heavy atom. The number of hydrogen-bond acceptors (Lipinski definition) is 4. The molecule has 0 aliphatic carbocycles. The Hall–Kier alpha value is -1.62. The van der Waals surface area contributed by atoms with E-state index in [1.54, 1.807) is 12.1 Å². The topological polar surface area (TPSA) is 64.4 Å². The van der Waals surface area contributed by atoms with Gasteiger partial charge in [0.2, 0.25) is 0 Å². The molecule has 0 unspecified atom stereocenters. The number of nitro groups is 1. The third kappa shape index (κ3) is 2.70. The molecule has 1 N–H and O–H groups in total. The monoisotopic (exact) mass is 222 g/mol. The van der Waals surface area contributed by atoms with E-state index >= 15 is 0 Å². The number of benzene rings is 1. The van der Waals surface area contributed by atoms with Gasteiger partial charge in [0.1, 0.15) is 12.4 Å². The van der Waals surface area contributed by atoms with E-state index in [2.05, 4.69) is 5.32 Å². The molecular formula is C11H14N2O3. The fourth-order valence-corrected chi connectivity index (χ4v) is 1.78. The van der Waals surface area contributed by atoms with Crippen molar-refractivity contribution in [1.82, 2.24) is 5.32 Å². The number of hydrogen-bond donors (Lipinski definition) is 1. The molecule has 5 nitrogen and oxygen atoms in total. The second kappa shape index (κ2) is 4.94. The van der Waals surface area contributed by atoms with Crippen molar-refractivity contribution in [3.05, 3.63) is 34.4 Å². The molecule has 0 amide bonds. The van der Waals surface area contributed by atoms with Crippen LogP contribution in [0.1, 0.15) is 12.8 Å². The Balaban J connectivity index is 1.93. The van der Waals surface area contributed by atoms with Gasteiger partial charge in [0.05, 0.1) is 11.0 Å². The third-order valence-corrected chi connectivity index (χ3v) is 2.64. The molecule has 16 heavy (non-hydrogen) atoms. The van der Waals surface area contributed by atoms with Crippen LogP contribution in [0.2, 0.25) is 0 Å². The van der Waals surface area contributed by atoms with Crippen LogP contribution in [0.25, 0.3) is 0 Å². The van der Waals surface area contributed by atoms with Crippen LogP contribution in [0, 0.1) is 10.1 Å². The lowest BCUT2D eigenvalue weighted by molar-refractivity contribution is -0.384. The Bertz CT molecular complexity index is 375. The van der Waals surface area contributed by atoms with Gasteiger partial charge in [0.25, 0.3) is 5.69 Å². The first-order valence-corrected chi connectivity index (χ1v) is 5.36. The summed E-state index contributed by atoms with van der Waals surface area (Å²) in [6.07, 6.45) is 2.28. The average molecular weight is 222 g/mol. The maximum atomic E-state index is 10.6. The van der Waals surface area contributed by atoms with Gasteiger partial charge >= 0.3 is 0 Å². The van der Waals surface area contributed by atoms with Crippen LogP contribution in [-0.4, -0.2) is 24.1 Å². The minimum atomic E-state index is -0.416. The first kappa shape index (κ1) is 10.9. The Kier molecular flexibility index (Phi) is 3.36. The van der Waals surface area contributed by atoms with E-state index in [0.29, 0.717) is 18.4 Å². The van der Waals surface area contributed by atoms with E-state index in [-0.39, 0.29) is 5.69 Å². The number of nitro benzene ring substituents is 1. The van der Waals surface area contributed by atoms with E-state index in [1.807, 2.05) is 0 Å². The van der Waals surface area contributed by atoms with Gasteiger partial charge in [0, 0.05) is 12.1 Å². The molecule has 1 atom stereocenters. The van der Waals surface area contributed by atoms with Crippen LogP contribution < -0.4 is 10.1 Å². The Morgan fingerprint density at radius 2 is 2.44 bits per heavy atom. The molecule has 1 aromatic carbocycles. The van der Waals surface area contributed by atoms with Crippen molar-refractivity contribution in [3.8, 4) is 5.75 Å². The molecule has 1 saturated heterocycles. The van der Waals surface area contributed by atoms with Crippen molar-refractivity contribution < 1.29 is 9.66 Å². The third-order valence-electron chi connectivity index (χ3n) is 2.64. The van der Waals surface area contributed by atoms with Crippen LogP contribution in [-0.2, 0) is 0 Å². The zero-order valence-electron chi connectivity index (χ0n) is 8.89. The molecule has 1 aliphatic rings. The summed E-state index contributed by atoms with van der Waals surface area (Å²) in [5.41, 5.74) is 0.0666. The van der Waals surface area contributed by atoms with Crippen LogP contribution >= 0.6 is 0 Å². The number of rotatable bonds is 4. The molecule has 2 rings (SSSR count). The summed E-state index contributed by atoms with van der Waals surface area (Å²) >= 11 is 0. The zero-order chi connectivity index (χ0) is 11.4. The van der Waals surface area contributed by atoms with Crippen LogP contribution in [0.4, 0.5) is 5.69 Å². The molecule has 1 aliphatic heterocycles. The van der Waals surface area contributed by atoms with Gasteiger partial charge in [-0.05, 0) is 25.5 Å². The van der Waals surface area contributed by atoms with Gasteiger partial charge in [-0.25, -0.2) is 0 Å². The van der Waals surface area contributed by atoms with Gasteiger partial charge in [-0.15, -0.1) is 0 Å². The largest absolute Gasteiger partial charge is 0.492 e. The Labute approximate surface area is 93.6 Å². The van der Waals surface area contributed by atoms with E-state index in [1.165, 1.54) is 18.6 Å². The summed E-state index contributed by atoms with van der Waals surface area (Å²) in [4.78, 5) is 10.1. The minimum Gasteiger partial charge on any atom is -0.492 e. The van der Waals surface area contributed by atoms with Crippen molar-refractivity contribution >= 4 is 5.69 Å². The highest BCUT2D eigenvalue weighted by Crippen LogP contribution is 2.19. The predicted octanol–water partition coefficient (Wildman–Crippen LogP) is 1.73. The zero-order valence-corrected chi connectivity index (χ0v) is 8.89. The lowest BCUT2D eigenvalue weighted by atomic mass is 10.2. The van der Waals surface area contributed by atoms with E-state index in [0.717, 1.165) is 13.0 Å². The summed E-state index contributed by atoms with van der Waals surface area (Å²) in [6, 6.07) is 6.66. The quantitative estimate of drug-likeness (QED) is 0.622. The molecule has 0 saturated carbocycles. The summed E-state index contributed by atoms with van der Waals surface area (Å²) in [6.45, 7) is 1.60. The van der Waals surface area contributed by atoms with Crippen molar-refractivity contribution in [2.45, 2.75) is 18.9 Å². The maximum absolute atomic E-state index is 10.6. The number of nitrogens with zero attached hydrogens (tertiary/aromatic N) is 1. The second-order valence-corrected chi connectivity index (χ2v) is 3.86. The summed E-state index contributed by atoms with van der Waals surface area (Å²) < 4.78 is 5.51. The SMILES string of the molecule is O=[N+]([O-])c1cccc(OC[C@@H]2CCCN2)c1. The molecule has 0 bridgehead atoms. The van der Waals surface area contributed by atoms with Crippen LogP contribution in [0.15, 0.2) is 24.3 Å². The van der Waals surface area contributed by atoms with Crippen molar-refractivity contribution in [2.24, 2.45) is 0 Å². The summed E-state index contributed by atoms with van der Waals surface area (Å²) in [5, 5.41) is 13.9. The highest BCUT2D eigenvalue weighted by Gasteiger charge is 2.15. The van der Waals surface area contributed by atoms with Crippen molar-refractivity contribution in [2.75, 3.05) is 13.2 Å². The highest BCUT2D eigenvalue weighted by molar-refractivity contribution is 5.37. The van der Waals surface area contributed by atoms with Crippen LogP contribution in [0.3, 0.4) is 0 Å². The molecule has 86 valence electrons. The smallest absolute Gasteiger partial charge is 0.273 e. The molecule has 0 radical (unpaired) electrons. The first-order valence-electron chi connectivity index (χ1n) is 5.36. The van der Waals surface area contributed by atoms with Gasteiger partial charge in [-0.2, -0.15) is 0 Å². The Morgan fingerprint density at radius 1 is 1.56 bits per heavy atom. The minimum absolute atomic E-state index is 0.0666. The van der Waals surface area contributed by atoms with Gasteiger partial charge in [-0.1, -0.05) is 6.07 Å². The average Bonchev–Trinajstić information content (AvgIpc) is 2.79. The predicted molar refractivity (Wildman–Crippen MR) is 59.6 cm³/mol. The summed E-state index contributed by atoms with van der Waals surface area (Å²) in [5.74, 6) is 0.558. The normalized spacial score (nSPS) is 19.6. The molecule has 0 spiro atoms. The van der Waals surface area contributed by atoms with E-state index in [4.69, 9.17) is 4.74 Å². The number of ether oxygens (including phenoxy) is 1. The fourth-order valence-electron chi connectivity index (χ4n) is 1.78. The van der Waals surface area contributed by atoms with Gasteiger partial charge < -0.3 is 10.1 Å². The van der Waals surface area contributed by atoms with Gasteiger partial charge in [0.15, 0.2) is 0 Å². The van der Waals surface area contributed by atoms with Gasteiger partial charge in [-0.3, -0.25) is 10.1 Å². The first-order chi connectivity index (χ1) is 7.75. The molecular weight excluding hydrogens is 208 g/mol. The molecule has 1 heterocycles. The molecule has 5 heteroatoms. The molecule has 0 aromatic heterocycles. The number of non-ortho nitro benzene ring substituents is 1. The summed E-state index contributed by atoms with van der Waals surface area (Å²) in [7, 11) is 0. The van der Waals surface area contributed by atoms with E-state index < -0.39 is 4.92 Å². The lowest BCUT2D eigenvalue weighted by Gasteiger charge is -2.11. The highest BCUT2D eigenvalue weighted by atomic mass is 16.6. The van der Waals surface area contributed by atoms with E-state index in [9.17, 15) is 10.1 Å².